The molecular formula is C11H24N2O3S. The van der Waals surface area contributed by atoms with Gasteiger partial charge in [-0.15, -0.1) is 0 Å². The lowest BCUT2D eigenvalue weighted by molar-refractivity contribution is -0.127. The Hall–Kier alpha value is -0.620. The van der Waals surface area contributed by atoms with Crippen LogP contribution in [0, 0.1) is 5.92 Å². The minimum absolute atomic E-state index is 0.00190. The van der Waals surface area contributed by atoms with Gasteiger partial charge in [0.25, 0.3) is 0 Å². The van der Waals surface area contributed by atoms with E-state index in [4.69, 9.17) is 5.73 Å². The fraction of sp³-hybridized carbons (Fsp3) is 0.909. The Bertz CT molecular complexity index is 339. The van der Waals surface area contributed by atoms with Gasteiger partial charge in [-0.2, -0.15) is 0 Å². The normalized spacial score (nSPS) is 13.8. The maximum absolute atomic E-state index is 11.6. The highest BCUT2D eigenvalue weighted by Crippen LogP contribution is 2.04. The first-order valence-corrected chi connectivity index (χ1v) is 7.71. The first-order valence-electron chi connectivity index (χ1n) is 5.89. The highest BCUT2D eigenvalue weighted by molar-refractivity contribution is 7.92. The Balaban J connectivity index is 4.16. The Labute approximate surface area is 104 Å². The number of carbonyl (C=O) groups is 1. The standard InChI is InChI=1S/C11H24N2O3S/c1-5-17(15,16)8-11(14)13(4)7-6-10(12)9(2)3/h9-10H,5-8,12H2,1-4H3. The third-order valence-electron chi connectivity index (χ3n) is 2.86. The molecule has 0 aliphatic rings. The van der Waals surface area contributed by atoms with Gasteiger partial charge in [-0.1, -0.05) is 20.8 Å². The predicted molar refractivity (Wildman–Crippen MR) is 69.4 cm³/mol. The molecule has 102 valence electrons. The van der Waals surface area contributed by atoms with Crippen LogP contribution in [0.1, 0.15) is 27.2 Å². The van der Waals surface area contributed by atoms with Gasteiger partial charge in [-0.3, -0.25) is 4.79 Å². The monoisotopic (exact) mass is 264 g/mol. The van der Waals surface area contributed by atoms with Gasteiger partial charge in [0.1, 0.15) is 5.75 Å². The fourth-order valence-corrected chi connectivity index (χ4v) is 2.00. The maximum atomic E-state index is 11.6. The topological polar surface area (TPSA) is 80.5 Å². The predicted octanol–water partition coefficient (Wildman–Crippen LogP) is 0.253. The summed E-state index contributed by atoms with van der Waals surface area (Å²) in [5.41, 5.74) is 5.86. The second-order valence-electron chi connectivity index (χ2n) is 4.69. The average Bonchev–Trinajstić information content (AvgIpc) is 2.24. The van der Waals surface area contributed by atoms with E-state index in [9.17, 15) is 13.2 Å². The third kappa shape index (κ3) is 6.63. The molecule has 0 aliphatic carbocycles. The minimum Gasteiger partial charge on any atom is -0.345 e. The summed E-state index contributed by atoms with van der Waals surface area (Å²) in [7, 11) is -1.63. The van der Waals surface area contributed by atoms with Crippen molar-refractivity contribution in [3.63, 3.8) is 0 Å². The molecule has 1 amide bonds. The molecule has 0 radical (unpaired) electrons. The molecule has 6 heteroatoms. The molecule has 5 nitrogen and oxygen atoms in total. The van der Waals surface area contributed by atoms with E-state index in [1.54, 1.807) is 7.05 Å². The molecule has 2 N–H and O–H groups in total. The van der Waals surface area contributed by atoms with E-state index in [-0.39, 0.29) is 17.7 Å². The lowest BCUT2D eigenvalue weighted by Crippen LogP contribution is -2.37. The Morgan fingerprint density at radius 1 is 1.35 bits per heavy atom. The third-order valence-corrected chi connectivity index (χ3v) is 4.43. The minimum atomic E-state index is -3.24. The van der Waals surface area contributed by atoms with E-state index in [1.807, 2.05) is 13.8 Å². The highest BCUT2D eigenvalue weighted by atomic mass is 32.2. The molecule has 0 spiro atoms. The van der Waals surface area contributed by atoms with Crippen LogP contribution in [0.25, 0.3) is 0 Å². The summed E-state index contributed by atoms with van der Waals surface area (Å²) in [6.45, 7) is 6.08. The fourth-order valence-electron chi connectivity index (χ4n) is 1.20. The first-order chi connectivity index (χ1) is 7.69. The van der Waals surface area contributed by atoms with Gasteiger partial charge < -0.3 is 10.6 Å². The van der Waals surface area contributed by atoms with E-state index < -0.39 is 15.6 Å². The van der Waals surface area contributed by atoms with Crippen LogP contribution >= 0.6 is 0 Å². The van der Waals surface area contributed by atoms with E-state index in [0.717, 1.165) is 0 Å². The molecule has 0 saturated carbocycles. The van der Waals surface area contributed by atoms with Gasteiger partial charge in [-0.25, -0.2) is 8.42 Å². The number of nitrogens with zero attached hydrogens (tertiary/aromatic N) is 1. The summed E-state index contributed by atoms with van der Waals surface area (Å²) in [5, 5.41) is 0. The summed E-state index contributed by atoms with van der Waals surface area (Å²) < 4.78 is 22.6. The van der Waals surface area contributed by atoms with E-state index in [2.05, 4.69) is 0 Å². The van der Waals surface area contributed by atoms with Crippen LogP contribution in [0.2, 0.25) is 0 Å². The van der Waals surface area contributed by atoms with Crippen molar-refractivity contribution in [2.45, 2.75) is 33.2 Å². The summed E-state index contributed by atoms with van der Waals surface area (Å²) >= 11 is 0. The molecule has 0 bridgehead atoms. The van der Waals surface area contributed by atoms with Gasteiger partial charge in [0.2, 0.25) is 5.91 Å². The van der Waals surface area contributed by atoms with Crippen LogP contribution < -0.4 is 5.73 Å². The van der Waals surface area contributed by atoms with Gasteiger partial charge in [0.15, 0.2) is 9.84 Å². The maximum Gasteiger partial charge on any atom is 0.237 e. The van der Waals surface area contributed by atoms with Crippen LogP contribution in [0.3, 0.4) is 0 Å². The lowest BCUT2D eigenvalue weighted by atomic mass is 10.0. The lowest BCUT2D eigenvalue weighted by Gasteiger charge is -2.21. The Kier molecular flexibility index (Phi) is 6.70. The van der Waals surface area contributed by atoms with Crippen LogP contribution in [-0.4, -0.2) is 50.4 Å². The molecule has 0 aliphatic heterocycles. The first kappa shape index (κ1) is 16.4. The molecule has 0 aromatic rings. The van der Waals surface area contributed by atoms with E-state index >= 15 is 0 Å². The Morgan fingerprint density at radius 2 is 1.88 bits per heavy atom. The van der Waals surface area contributed by atoms with Gasteiger partial charge in [-0.05, 0) is 12.3 Å². The van der Waals surface area contributed by atoms with Crippen molar-refractivity contribution in [3.05, 3.63) is 0 Å². The van der Waals surface area contributed by atoms with Crippen molar-refractivity contribution in [1.82, 2.24) is 4.90 Å². The highest BCUT2D eigenvalue weighted by Gasteiger charge is 2.18. The number of sulfone groups is 1. The van der Waals surface area contributed by atoms with Crippen LogP contribution in [0.5, 0.6) is 0 Å². The van der Waals surface area contributed by atoms with Crippen molar-refractivity contribution >= 4 is 15.7 Å². The van der Waals surface area contributed by atoms with Gasteiger partial charge >= 0.3 is 0 Å². The van der Waals surface area contributed by atoms with Crippen molar-refractivity contribution in [2.75, 3.05) is 25.1 Å². The van der Waals surface area contributed by atoms with Crippen molar-refractivity contribution in [3.8, 4) is 0 Å². The number of hydrogen-bond donors (Lipinski definition) is 1. The molecule has 0 heterocycles. The molecule has 0 aromatic heterocycles. The SMILES string of the molecule is CCS(=O)(=O)CC(=O)N(C)CCC(N)C(C)C. The quantitative estimate of drug-likeness (QED) is 0.715. The van der Waals surface area contributed by atoms with Gasteiger partial charge in [0, 0.05) is 25.4 Å². The van der Waals surface area contributed by atoms with E-state index in [0.29, 0.717) is 18.9 Å². The zero-order chi connectivity index (χ0) is 13.6. The second kappa shape index (κ2) is 6.96. The number of amides is 1. The van der Waals surface area contributed by atoms with E-state index in [1.165, 1.54) is 11.8 Å². The molecule has 0 rings (SSSR count). The zero-order valence-corrected chi connectivity index (χ0v) is 12.0. The molecule has 0 saturated heterocycles. The zero-order valence-electron chi connectivity index (χ0n) is 11.1. The number of rotatable bonds is 7. The number of carbonyl (C=O) groups excluding carboxylic acids is 1. The molecule has 0 aromatic carbocycles. The molecule has 17 heavy (non-hydrogen) atoms. The van der Waals surface area contributed by atoms with Crippen LogP contribution in [0.4, 0.5) is 0 Å². The number of nitrogens with two attached hydrogens (primary N) is 1. The van der Waals surface area contributed by atoms with Crippen molar-refractivity contribution in [1.29, 1.82) is 0 Å². The largest absolute Gasteiger partial charge is 0.345 e. The van der Waals surface area contributed by atoms with Gasteiger partial charge in [0.05, 0.1) is 0 Å². The summed E-state index contributed by atoms with van der Waals surface area (Å²) in [4.78, 5) is 13.0. The summed E-state index contributed by atoms with van der Waals surface area (Å²) in [5.74, 6) is -0.407. The molecule has 1 unspecified atom stereocenters. The van der Waals surface area contributed by atoms with Crippen molar-refractivity contribution < 1.29 is 13.2 Å². The second-order valence-corrected chi connectivity index (χ2v) is 7.04. The van der Waals surface area contributed by atoms with Crippen molar-refractivity contribution in [2.24, 2.45) is 11.7 Å². The molecular weight excluding hydrogens is 240 g/mol. The molecule has 0 fully saturated rings. The summed E-state index contributed by atoms with van der Waals surface area (Å²) in [6.07, 6.45) is 0.687. The average molecular weight is 264 g/mol. The smallest absolute Gasteiger partial charge is 0.237 e. The summed E-state index contributed by atoms with van der Waals surface area (Å²) in [6, 6.07) is 0.0352. The molecule has 1 atom stereocenters. The van der Waals surface area contributed by atoms with Crippen LogP contribution in [0.15, 0.2) is 0 Å². The Morgan fingerprint density at radius 3 is 2.29 bits per heavy atom. The number of hydrogen-bond acceptors (Lipinski definition) is 4. The van der Waals surface area contributed by atoms with Crippen LogP contribution in [-0.2, 0) is 14.6 Å².